The van der Waals surface area contributed by atoms with Crippen molar-refractivity contribution >= 4 is 30.6 Å². The first-order valence-electron chi connectivity index (χ1n) is 3.25. The van der Waals surface area contributed by atoms with Gasteiger partial charge in [0.25, 0.3) is 0 Å². The second-order valence-electron chi connectivity index (χ2n) is 2.18. The molecule has 0 aliphatic rings. The van der Waals surface area contributed by atoms with Gasteiger partial charge in [0.1, 0.15) is 5.82 Å². The van der Waals surface area contributed by atoms with Gasteiger partial charge in [0.05, 0.1) is 5.56 Å². The van der Waals surface area contributed by atoms with Crippen LogP contribution in [0.4, 0.5) is 19.0 Å². The van der Waals surface area contributed by atoms with Gasteiger partial charge >= 0.3 is 6.18 Å². The van der Waals surface area contributed by atoms with E-state index >= 15 is 0 Å². The van der Waals surface area contributed by atoms with Crippen LogP contribution in [0.15, 0.2) is 18.3 Å². The van der Waals surface area contributed by atoms with E-state index in [0.29, 0.717) is 0 Å². The summed E-state index contributed by atoms with van der Waals surface area (Å²) in [5.41, 5.74) is -0.693. The first kappa shape index (κ1) is 15.8. The number of aromatic nitrogens is 1. The Bertz CT molecular complexity index is 278. The van der Waals surface area contributed by atoms with Gasteiger partial charge in [0.15, 0.2) is 0 Å². The summed E-state index contributed by atoms with van der Waals surface area (Å²) in [6, 6.07) is 1.89. The third-order valence-electron chi connectivity index (χ3n) is 1.34. The monoisotopic (exact) mass is 248 g/mol. The van der Waals surface area contributed by atoms with Crippen LogP contribution >= 0.6 is 24.8 Å². The molecule has 1 aromatic heterocycles. The quantitative estimate of drug-likeness (QED) is 0.827. The van der Waals surface area contributed by atoms with Crippen molar-refractivity contribution in [1.29, 1.82) is 0 Å². The molecule has 0 saturated heterocycles. The van der Waals surface area contributed by atoms with E-state index in [1.54, 1.807) is 0 Å². The Morgan fingerprint density at radius 2 is 1.86 bits per heavy atom. The predicted molar refractivity (Wildman–Crippen MR) is 53.3 cm³/mol. The van der Waals surface area contributed by atoms with Crippen LogP contribution in [0.1, 0.15) is 5.56 Å². The lowest BCUT2D eigenvalue weighted by Crippen LogP contribution is -2.05. The number of nitrogens with zero attached hydrogens (tertiary/aromatic N) is 1. The standard InChI is InChI=1S/C7H7F3N2.2ClH/c1-11-6-4-5(2-3-12-6)7(8,9)10;;/h2-4H,1H3,(H,11,12);2*1H. The van der Waals surface area contributed by atoms with Gasteiger partial charge in [-0.15, -0.1) is 24.8 Å². The van der Waals surface area contributed by atoms with Gasteiger partial charge in [0.2, 0.25) is 0 Å². The minimum atomic E-state index is -4.30. The van der Waals surface area contributed by atoms with E-state index < -0.39 is 11.7 Å². The second-order valence-corrected chi connectivity index (χ2v) is 2.18. The van der Waals surface area contributed by atoms with E-state index in [2.05, 4.69) is 10.3 Å². The maximum Gasteiger partial charge on any atom is 0.416 e. The molecule has 0 atom stereocenters. The molecule has 0 spiro atoms. The Kier molecular flexibility index (Phi) is 6.68. The van der Waals surface area contributed by atoms with Gasteiger partial charge in [-0.1, -0.05) is 0 Å². The number of hydrogen-bond donors (Lipinski definition) is 1. The fourth-order valence-electron chi connectivity index (χ4n) is 0.744. The largest absolute Gasteiger partial charge is 0.416 e. The number of pyridine rings is 1. The summed E-state index contributed by atoms with van der Waals surface area (Å²) in [6.07, 6.45) is -3.18. The molecule has 1 rings (SSSR count). The Morgan fingerprint density at radius 3 is 2.29 bits per heavy atom. The van der Waals surface area contributed by atoms with Gasteiger partial charge in [-0.2, -0.15) is 13.2 Å². The van der Waals surface area contributed by atoms with Gasteiger partial charge in [0, 0.05) is 13.2 Å². The number of halogens is 5. The molecule has 0 amide bonds. The molecule has 1 heterocycles. The van der Waals surface area contributed by atoms with Gasteiger partial charge < -0.3 is 5.32 Å². The molecule has 0 unspecified atom stereocenters. The van der Waals surface area contributed by atoms with Crippen LogP contribution in [0.3, 0.4) is 0 Å². The SMILES string of the molecule is CNc1cc(C(F)(F)F)ccn1.Cl.Cl. The maximum atomic E-state index is 12.0. The number of anilines is 1. The zero-order chi connectivity index (χ0) is 9.19. The minimum absolute atomic E-state index is 0. The number of alkyl halides is 3. The molecule has 0 bridgehead atoms. The average molecular weight is 249 g/mol. The third kappa shape index (κ3) is 4.02. The average Bonchev–Trinajstić information content (AvgIpc) is 2.03. The summed E-state index contributed by atoms with van der Waals surface area (Å²) < 4.78 is 36.1. The fourth-order valence-corrected chi connectivity index (χ4v) is 0.744. The van der Waals surface area contributed by atoms with E-state index in [0.717, 1.165) is 18.3 Å². The predicted octanol–water partition coefficient (Wildman–Crippen LogP) is 2.99. The van der Waals surface area contributed by atoms with Crippen molar-refractivity contribution in [2.45, 2.75) is 6.18 Å². The summed E-state index contributed by atoms with van der Waals surface area (Å²) >= 11 is 0. The molecule has 1 N–H and O–H groups in total. The van der Waals surface area contributed by atoms with Crippen LogP contribution in [-0.4, -0.2) is 12.0 Å². The highest BCUT2D eigenvalue weighted by Gasteiger charge is 2.30. The summed E-state index contributed by atoms with van der Waals surface area (Å²) in [5, 5.41) is 2.53. The van der Waals surface area contributed by atoms with E-state index in [9.17, 15) is 13.2 Å². The van der Waals surface area contributed by atoms with Crippen molar-refractivity contribution in [2.24, 2.45) is 0 Å². The molecule has 0 radical (unpaired) electrons. The van der Waals surface area contributed by atoms with Crippen molar-refractivity contribution < 1.29 is 13.2 Å². The number of rotatable bonds is 1. The molecule has 0 aliphatic heterocycles. The molecule has 0 aromatic carbocycles. The van der Waals surface area contributed by atoms with Crippen LogP contribution in [0.5, 0.6) is 0 Å². The molecular weight excluding hydrogens is 240 g/mol. The van der Waals surface area contributed by atoms with Gasteiger partial charge in [-0.25, -0.2) is 4.98 Å². The zero-order valence-electron chi connectivity index (χ0n) is 7.13. The maximum absolute atomic E-state index is 12.0. The zero-order valence-corrected chi connectivity index (χ0v) is 8.76. The van der Waals surface area contributed by atoms with Crippen molar-refractivity contribution in [2.75, 3.05) is 12.4 Å². The van der Waals surface area contributed by atoms with Crippen LogP contribution in [0, 0.1) is 0 Å². The van der Waals surface area contributed by atoms with E-state index in [1.807, 2.05) is 0 Å². The molecule has 2 nitrogen and oxygen atoms in total. The Morgan fingerprint density at radius 1 is 1.29 bits per heavy atom. The summed E-state index contributed by atoms with van der Waals surface area (Å²) in [4.78, 5) is 3.66. The van der Waals surface area contributed by atoms with Crippen molar-refractivity contribution in [1.82, 2.24) is 4.98 Å². The smallest absolute Gasteiger partial charge is 0.373 e. The molecule has 0 aliphatic carbocycles. The Hall–Kier alpha value is -0.680. The number of hydrogen-bond acceptors (Lipinski definition) is 2. The van der Waals surface area contributed by atoms with Crippen LogP contribution in [0.25, 0.3) is 0 Å². The Labute approximate surface area is 91.7 Å². The first-order valence-corrected chi connectivity index (χ1v) is 3.25. The van der Waals surface area contributed by atoms with Crippen LogP contribution < -0.4 is 5.32 Å². The normalized spacial score (nSPS) is 9.71. The Balaban J connectivity index is 0. The molecule has 82 valence electrons. The molecule has 1 aromatic rings. The van der Waals surface area contributed by atoms with Crippen molar-refractivity contribution in [3.05, 3.63) is 23.9 Å². The summed E-state index contributed by atoms with van der Waals surface area (Å²) in [5.74, 6) is 0.213. The first-order chi connectivity index (χ1) is 5.54. The van der Waals surface area contributed by atoms with Gasteiger partial charge in [-0.3, -0.25) is 0 Å². The molecule has 14 heavy (non-hydrogen) atoms. The number of nitrogens with one attached hydrogen (secondary N) is 1. The highest BCUT2D eigenvalue weighted by Crippen LogP contribution is 2.29. The van der Waals surface area contributed by atoms with Crippen molar-refractivity contribution in [3.63, 3.8) is 0 Å². The molecule has 7 heteroatoms. The van der Waals surface area contributed by atoms with Crippen LogP contribution in [0.2, 0.25) is 0 Å². The van der Waals surface area contributed by atoms with E-state index in [4.69, 9.17) is 0 Å². The molecule has 0 fully saturated rings. The van der Waals surface area contributed by atoms with Gasteiger partial charge in [-0.05, 0) is 12.1 Å². The van der Waals surface area contributed by atoms with Crippen LogP contribution in [-0.2, 0) is 6.18 Å². The topological polar surface area (TPSA) is 24.9 Å². The lowest BCUT2D eigenvalue weighted by molar-refractivity contribution is -0.137. The molecule has 0 saturated carbocycles. The lowest BCUT2D eigenvalue weighted by Gasteiger charge is -2.06. The van der Waals surface area contributed by atoms with E-state index in [-0.39, 0.29) is 30.6 Å². The summed E-state index contributed by atoms with van der Waals surface area (Å²) in [6.45, 7) is 0. The molecular formula is C7H9Cl2F3N2. The lowest BCUT2D eigenvalue weighted by atomic mass is 10.2. The minimum Gasteiger partial charge on any atom is -0.373 e. The fraction of sp³-hybridized carbons (Fsp3) is 0.286. The van der Waals surface area contributed by atoms with Crippen molar-refractivity contribution in [3.8, 4) is 0 Å². The summed E-state index contributed by atoms with van der Waals surface area (Å²) in [7, 11) is 1.52. The van der Waals surface area contributed by atoms with E-state index in [1.165, 1.54) is 7.05 Å². The second kappa shape index (κ2) is 5.93. The third-order valence-corrected chi connectivity index (χ3v) is 1.34. The highest BCUT2D eigenvalue weighted by molar-refractivity contribution is 5.85. The highest BCUT2D eigenvalue weighted by atomic mass is 35.5.